The molecule has 0 aromatic heterocycles. The summed E-state index contributed by atoms with van der Waals surface area (Å²) in [6, 6.07) is 5.72. The molecule has 0 spiro atoms. The Hall–Kier alpha value is -1.01. The standard InChI is InChI=1S/C15H18BrNO3S/c1-9-6-11(16)4-5-13(9)21-8-14(18)17-12(7-15(19)20)10-2-3-10/h4-6,10,12H,2-3,7-8H2,1H3,(H,17,18)(H,19,20). The van der Waals surface area contributed by atoms with Crippen LogP contribution in [0.3, 0.4) is 0 Å². The van der Waals surface area contributed by atoms with Gasteiger partial charge in [-0.1, -0.05) is 15.9 Å². The van der Waals surface area contributed by atoms with Crippen LogP contribution in [0.2, 0.25) is 0 Å². The number of carboxylic acids is 1. The lowest BCUT2D eigenvalue weighted by Crippen LogP contribution is -2.39. The van der Waals surface area contributed by atoms with Crippen molar-refractivity contribution in [3.8, 4) is 0 Å². The van der Waals surface area contributed by atoms with Crippen LogP contribution >= 0.6 is 27.7 Å². The third kappa shape index (κ3) is 5.36. The first kappa shape index (κ1) is 16.4. The number of amides is 1. The largest absolute Gasteiger partial charge is 0.481 e. The first-order valence-electron chi connectivity index (χ1n) is 6.86. The molecule has 0 heterocycles. The molecule has 21 heavy (non-hydrogen) atoms. The third-order valence-corrected chi connectivity index (χ3v) is 5.10. The number of hydrogen-bond donors (Lipinski definition) is 2. The second kappa shape index (κ2) is 7.31. The van der Waals surface area contributed by atoms with Crippen molar-refractivity contribution < 1.29 is 14.7 Å². The molecule has 1 aromatic rings. The predicted octanol–water partition coefficient (Wildman–Crippen LogP) is 3.22. The van der Waals surface area contributed by atoms with Gasteiger partial charge in [-0.25, -0.2) is 0 Å². The molecule has 0 radical (unpaired) electrons. The van der Waals surface area contributed by atoms with Gasteiger partial charge in [0.2, 0.25) is 5.91 Å². The quantitative estimate of drug-likeness (QED) is 0.722. The molecule has 114 valence electrons. The lowest BCUT2D eigenvalue weighted by atomic mass is 10.1. The highest BCUT2D eigenvalue weighted by Gasteiger charge is 2.33. The second-order valence-corrected chi connectivity index (χ2v) is 7.24. The summed E-state index contributed by atoms with van der Waals surface area (Å²) in [5.41, 5.74) is 1.12. The van der Waals surface area contributed by atoms with Gasteiger partial charge in [-0.3, -0.25) is 9.59 Å². The molecule has 1 fully saturated rings. The van der Waals surface area contributed by atoms with Crippen molar-refractivity contribution in [2.45, 2.75) is 37.1 Å². The zero-order valence-electron chi connectivity index (χ0n) is 11.8. The molecule has 1 unspecified atom stereocenters. The summed E-state index contributed by atoms with van der Waals surface area (Å²) in [7, 11) is 0. The van der Waals surface area contributed by atoms with E-state index in [4.69, 9.17) is 5.11 Å². The zero-order chi connectivity index (χ0) is 15.4. The highest BCUT2D eigenvalue weighted by atomic mass is 79.9. The van der Waals surface area contributed by atoms with Gasteiger partial charge in [0.25, 0.3) is 0 Å². The molecule has 2 N–H and O–H groups in total. The molecule has 1 amide bonds. The van der Waals surface area contributed by atoms with Crippen LogP contribution in [0.5, 0.6) is 0 Å². The van der Waals surface area contributed by atoms with Crippen molar-refractivity contribution in [1.29, 1.82) is 0 Å². The number of aliphatic carboxylic acids is 1. The number of carbonyl (C=O) groups excluding carboxylic acids is 1. The Morgan fingerprint density at radius 2 is 2.19 bits per heavy atom. The number of hydrogen-bond acceptors (Lipinski definition) is 3. The van der Waals surface area contributed by atoms with Crippen LogP contribution in [0.15, 0.2) is 27.6 Å². The maximum atomic E-state index is 12.0. The van der Waals surface area contributed by atoms with Crippen LogP contribution in [-0.4, -0.2) is 28.8 Å². The summed E-state index contributed by atoms with van der Waals surface area (Å²) in [4.78, 5) is 23.9. The predicted molar refractivity (Wildman–Crippen MR) is 86.5 cm³/mol. The van der Waals surface area contributed by atoms with E-state index in [0.717, 1.165) is 27.8 Å². The van der Waals surface area contributed by atoms with E-state index in [9.17, 15) is 9.59 Å². The van der Waals surface area contributed by atoms with Gasteiger partial charge in [0.15, 0.2) is 0 Å². The van der Waals surface area contributed by atoms with Crippen LogP contribution in [0.1, 0.15) is 24.8 Å². The Labute approximate surface area is 136 Å². The Bertz CT molecular complexity index is 546. The lowest BCUT2D eigenvalue weighted by Gasteiger charge is -2.16. The molecule has 6 heteroatoms. The number of aryl methyl sites for hydroxylation is 1. The minimum absolute atomic E-state index is 0.0123. The number of halogens is 1. The minimum Gasteiger partial charge on any atom is -0.481 e. The molecule has 1 aliphatic rings. The average Bonchev–Trinajstić information content (AvgIpc) is 3.20. The Balaban J connectivity index is 1.84. The number of thioether (sulfide) groups is 1. The lowest BCUT2D eigenvalue weighted by molar-refractivity contribution is -0.137. The monoisotopic (exact) mass is 371 g/mol. The van der Waals surface area contributed by atoms with Crippen LogP contribution in [0, 0.1) is 12.8 Å². The van der Waals surface area contributed by atoms with E-state index >= 15 is 0 Å². The van der Waals surface area contributed by atoms with Gasteiger partial charge in [0, 0.05) is 15.4 Å². The van der Waals surface area contributed by atoms with E-state index < -0.39 is 5.97 Å². The number of rotatable bonds is 7. The first-order chi connectivity index (χ1) is 9.95. The topological polar surface area (TPSA) is 66.4 Å². The summed E-state index contributed by atoms with van der Waals surface area (Å²) in [6.45, 7) is 2.00. The number of carboxylic acid groups (broad SMARTS) is 1. The SMILES string of the molecule is Cc1cc(Br)ccc1SCC(=O)NC(CC(=O)O)C1CC1. The number of nitrogens with one attached hydrogen (secondary N) is 1. The normalized spacial score (nSPS) is 15.5. The van der Waals surface area contributed by atoms with Gasteiger partial charge in [-0.2, -0.15) is 0 Å². The van der Waals surface area contributed by atoms with Gasteiger partial charge in [0.05, 0.1) is 12.2 Å². The van der Waals surface area contributed by atoms with E-state index in [2.05, 4.69) is 21.2 Å². The fourth-order valence-corrected chi connectivity index (χ4v) is 3.49. The van der Waals surface area contributed by atoms with Crippen LogP contribution < -0.4 is 5.32 Å². The maximum absolute atomic E-state index is 12.0. The summed E-state index contributed by atoms with van der Waals surface area (Å²) >= 11 is 4.89. The molecule has 0 aliphatic heterocycles. The second-order valence-electron chi connectivity index (χ2n) is 5.31. The van der Waals surface area contributed by atoms with E-state index in [-0.39, 0.29) is 18.4 Å². The molecule has 1 atom stereocenters. The fourth-order valence-electron chi connectivity index (χ4n) is 2.19. The van der Waals surface area contributed by atoms with E-state index in [0.29, 0.717) is 11.7 Å². The highest BCUT2D eigenvalue weighted by molar-refractivity contribution is 9.10. The molecule has 0 saturated heterocycles. The van der Waals surface area contributed by atoms with Gasteiger partial charge in [0.1, 0.15) is 0 Å². The van der Waals surface area contributed by atoms with Crippen molar-refractivity contribution in [3.05, 3.63) is 28.2 Å². The Morgan fingerprint density at radius 1 is 1.48 bits per heavy atom. The summed E-state index contributed by atoms with van der Waals surface area (Å²) < 4.78 is 1.02. The van der Waals surface area contributed by atoms with Crippen molar-refractivity contribution in [2.24, 2.45) is 5.92 Å². The highest BCUT2D eigenvalue weighted by Crippen LogP contribution is 2.34. The van der Waals surface area contributed by atoms with Crippen molar-refractivity contribution in [3.63, 3.8) is 0 Å². The third-order valence-electron chi connectivity index (χ3n) is 3.43. The maximum Gasteiger partial charge on any atom is 0.305 e. The van der Waals surface area contributed by atoms with Crippen molar-refractivity contribution in [2.75, 3.05) is 5.75 Å². The van der Waals surface area contributed by atoms with Crippen molar-refractivity contribution in [1.82, 2.24) is 5.32 Å². The minimum atomic E-state index is -0.858. The number of benzene rings is 1. The summed E-state index contributed by atoms with van der Waals surface area (Å²) in [5, 5.41) is 11.7. The van der Waals surface area contributed by atoms with Gasteiger partial charge < -0.3 is 10.4 Å². The fraction of sp³-hybridized carbons (Fsp3) is 0.467. The molecule has 2 rings (SSSR count). The molecule has 0 bridgehead atoms. The molecular weight excluding hydrogens is 354 g/mol. The van der Waals surface area contributed by atoms with Crippen molar-refractivity contribution >= 4 is 39.6 Å². The summed E-state index contributed by atoms with van der Waals surface area (Å²) in [5.74, 6) is -0.306. The molecule has 4 nitrogen and oxygen atoms in total. The van der Waals surface area contributed by atoms with Crippen LogP contribution in [-0.2, 0) is 9.59 Å². The van der Waals surface area contributed by atoms with Crippen LogP contribution in [0.25, 0.3) is 0 Å². The zero-order valence-corrected chi connectivity index (χ0v) is 14.2. The molecule has 1 saturated carbocycles. The van der Waals surface area contributed by atoms with E-state index in [1.165, 1.54) is 11.8 Å². The Kier molecular flexibility index (Phi) is 5.70. The smallest absolute Gasteiger partial charge is 0.305 e. The Morgan fingerprint density at radius 3 is 2.76 bits per heavy atom. The molecule has 1 aliphatic carbocycles. The average molecular weight is 372 g/mol. The summed E-state index contributed by atoms with van der Waals surface area (Å²) in [6.07, 6.45) is 2.03. The molecule has 1 aromatic carbocycles. The molecular formula is C15H18BrNO3S. The number of carbonyl (C=O) groups is 2. The van der Waals surface area contributed by atoms with E-state index in [1.807, 2.05) is 25.1 Å². The van der Waals surface area contributed by atoms with Gasteiger partial charge in [-0.05, 0) is 49.4 Å². The van der Waals surface area contributed by atoms with Gasteiger partial charge >= 0.3 is 5.97 Å². The van der Waals surface area contributed by atoms with E-state index in [1.54, 1.807) is 0 Å². The first-order valence-corrected chi connectivity index (χ1v) is 8.63. The van der Waals surface area contributed by atoms with Gasteiger partial charge in [-0.15, -0.1) is 11.8 Å². The van der Waals surface area contributed by atoms with Crippen LogP contribution in [0.4, 0.5) is 0 Å².